The van der Waals surface area contributed by atoms with E-state index >= 15 is 0 Å². The van der Waals surface area contributed by atoms with Crippen molar-refractivity contribution in [1.82, 2.24) is 9.97 Å². The Morgan fingerprint density at radius 1 is 1.19 bits per heavy atom. The molecule has 0 aliphatic heterocycles. The van der Waals surface area contributed by atoms with E-state index in [0.717, 1.165) is 4.90 Å². The normalized spacial score (nSPS) is 10.4. The van der Waals surface area contributed by atoms with Crippen molar-refractivity contribution in [2.75, 3.05) is 17.7 Å². The lowest BCUT2D eigenvalue weighted by atomic mass is 10.2. The highest BCUT2D eigenvalue weighted by Crippen LogP contribution is 2.34. The Morgan fingerprint density at radius 3 is 2.67 bits per heavy atom. The van der Waals surface area contributed by atoms with Crippen molar-refractivity contribution in [3.05, 3.63) is 65.4 Å². The quantitative estimate of drug-likeness (QED) is 0.454. The van der Waals surface area contributed by atoms with Crippen molar-refractivity contribution in [3.63, 3.8) is 0 Å². The van der Waals surface area contributed by atoms with Crippen LogP contribution in [0.15, 0.2) is 64.8 Å². The first kappa shape index (κ1) is 19.0. The van der Waals surface area contributed by atoms with Gasteiger partial charge in [0, 0.05) is 9.92 Å². The first-order valence-electron chi connectivity index (χ1n) is 8.15. The average Bonchev–Trinajstić information content (AvgIpc) is 2.67. The van der Waals surface area contributed by atoms with Gasteiger partial charge in [0.1, 0.15) is 17.0 Å². The minimum absolute atomic E-state index is 0.296. The summed E-state index contributed by atoms with van der Waals surface area (Å²) in [5, 5.41) is 4.36. The zero-order valence-corrected chi connectivity index (χ0v) is 16.1. The standard InChI is InChI=1S/C19H17ClN4O2S/c1-2-26-19(25)14-5-3-4-6-15(14)24-17-16(21)18(23-11-22-17)27-13-9-7-12(20)8-10-13/h3-11H,2,21H2,1H3,(H,22,23,24). The first-order valence-corrected chi connectivity index (χ1v) is 9.35. The first-order chi connectivity index (χ1) is 13.1. The van der Waals surface area contributed by atoms with Crippen LogP contribution in [0.25, 0.3) is 0 Å². The van der Waals surface area contributed by atoms with Crippen LogP contribution in [0.2, 0.25) is 5.02 Å². The van der Waals surface area contributed by atoms with Crippen LogP contribution >= 0.6 is 23.4 Å². The van der Waals surface area contributed by atoms with Gasteiger partial charge in [-0.15, -0.1) is 0 Å². The Balaban J connectivity index is 1.87. The van der Waals surface area contributed by atoms with E-state index in [-0.39, 0.29) is 0 Å². The lowest BCUT2D eigenvalue weighted by Crippen LogP contribution is -2.09. The van der Waals surface area contributed by atoms with Crippen molar-refractivity contribution >= 4 is 46.5 Å². The van der Waals surface area contributed by atoms with E-state index < -0.39 is 5.97 Å². The van der Waals surface area contributed by atoms with Crippen LogP contribution in [0.5, 0.6) is 0 Å². The molecule has 0 aliphatic rings. The molecule has 0 fully saturated rings. The van der Waals surface area contributed by atoms with Gasteiger partial charge in [0.25, 0.3) is 0 Å². The number of nitrogen functional groups attached to an aromatic ring is 1. The number of anilines is 3. The molecule has 3 N–H and O–H groups in total. The van der Waals surface area contributed by atoms with Gasteiger partial charge >= 0.3 is 5.97 Å². The van der Waals surface area contributed by atoms with E-state index in [0.29, 0.717) is 39.4 Å². The van der Waals surface area contributed by atoms with Crippen LogP contribution in [-0.2, 0) is 4.74 Å². The molecule has 138 valence electrons. The molecule has 0 amide bonds. The van der Waals surface area contributed by atoms with Crippen LogP contribution in [0.4, 0.5) is 17.2 Å². The van der Waals surface area contributed by atoms with Gasteiger partial charge in [-0.3, -0.25) is 0 Å². The number of hydrogen-bond donors (Lipinski definition) is 2. The van der Waals surface area contributed by atoms with E-state index in [9.17, 15) is 4.79 Å². The Labute approximate surface area is 166 Å². The molecule has 27 heavy (non-hydrogen) atoms. The molecule has 2 aromatic carbocycles. The second-order valence-corrected chi connectivity index (χ2v) is 6.89. The fourth-order valence-electron chi connectivity index (χ4n) is 2.28. The third-order valence-corrected chi connectivity index (χ3v) is 4.83. The predicted octanol–water partition coefficient (Wildman–Crippen LogP) is 4.78. The Morgan fingerprint density at radius 2 is 1.93 bits per heavy atom. The fraction of sp³-hybridized carbons (Fsp3) is 0.105. The minimum Gasteiger partial charge on any atom is -0.462 e. The number of esters is 1. The largest absolute Gasteiger partial charge is 0.462 e. The molecule has 0 bridgehead atoms. The highest BCUT2D eigenvalue weighted by Gasteiger charge is 2.15. The number of ether oxygens (including phenoxy) is 1. The highest BCUT2D eigenvalue weighted by molar-refractivity contribution is 7.99. The summed E-state index contributed by atoms with van der Waals surface area (Å²) in [7, 11) is 0. The molecule has 0 atom stereocenters. The summed E-state index contributed by atoms with van der Waals surface area (Å²) >= 11 is 7.32. The zero-order valence-electron chi connectivity index (χ0n) is 14.5. The van der Waals surface area contributed by atoms with Gasteiger partial charge in [0.15, 0.2) is 5.82 Å². The predicted molar refractivity (Wildman–Crippen MR) is 108 cm³/mol. The van der Waals surface area contributed by atoms with Gasteiger partial charge in [0.05, 0.1) is 17.9 Å². The molecule has 1 heterocycles. The van der Waals surface area contributed by atoms with E-state index in [4.69, 9.17) is 22.1 Å². The number of halogens is 1. The van der Waals surface area contributed by atoms with Crippen LogP contribution in [-0.4, -0.2) is 22.5 Å². The number of hydrogen-bond acceptors (Lipinski definition) is 7. The Kier molecular flexibility index (Phi) is 6.16. The smallest absolute Gasteiger partial charge is 0.340 e. The molecule has 6 nitrogen and oxygen atoms in total. The number of aromatic nitrogens is 2. The van der Waals surface area contributed by atoms with E-state index in [1.54, 1.807) is 37.3 Å². The number of nitrogens with one attached hydrogen (secondary N) is 1. The van der Waals surface area contributed by atoms with Crippen LogP contribution in [0.1, 0.15) is 17.3 Å². The average molecular weight is 401 g/mol. The highest BCUT2D eigenvalue weighted by atomic mass is 35.5. The third kappa shape index (κ3) is 4.69. The molecule has 0 saturated heterocycles. The van der Waals surface area contributed by atoms with Crippen molar-refractivity contribution in [2.45, 2.75) is 16.8 Å². The molecule has 0 saturated carbocycles. The second kappa shape index (κ2) is 8.75. The second-order valence-electron chi connectivity index (χ2n) is 5.39. The van der Waals surface area contributed by atoms with Gasteiger partial charge in [-0.2, -0.15) is 0 Å². The van der Waals surface area contributed by atoms with Gasteiger partial charge in [-0.05, 0) is 43.3 Å². The molecular formula is C19H17ClN4O2S. The minimum atomic E-state index is -0.413. The molecule has 3 aromatic rings. The van der Waals surface area contributed by atoms with Crippen molar-refractivity contribution in [2.24, 2.45) is 0 Å². The lowest BCUT2D eigenvalue weighted by Gasteiger charge is -2.13. The summed E-state index contributed by atoms with van der Waals surface area (Å²) in [6.07, 6.45) is 1.42. The topological polar surface area (TPSA) is 90.1 Å². The molecule has 3 rings (SSSR count). The molecular weight excluding hydrogens is 384 g/mol. The molecule has 0 spiro atoms. The lowest BCUT2D eigenvalue weighted by molar-refractivity contribution is 0.0527. The van der Waals surface area contributed by atoms with Gasteiger partial charge < -0.3 is 15.8 Å². The van der Waals surface area contributed by atoms with Gasteiger partial charge in [-0.25, -0.2) is 14.8 Å². The number of nitrogens with zero attached hydrogens (tertiary/aromatic N) is 2. The number of nitrogens with two attached hydrogens (primary N) is 1. The summed E-state index contributed by atoms with van der Waals surface area (Å²) in [4.78, 5) is 21.5. The SMILES string of the molecule is CCOC(=O)c1ccccc1Nc1ncnc(Sc2ccc(Cl)cc2)c1N. The molecule has 0 radical (unpaired) electrons. The maximum atomic E-state index is 12.1. The molecule has 0 unspecified atom stereocenters. The van der Waals surface area contributed by atoms with E-state index in [2.05, 4.69) is 15.3 Å². The summed E-state index contributed by atoms with van der Waals surface area (Å²) in [6, 6.07) is 14.4. The number of carbonyl (C=O) groups excluding carboxylic acids is 1. The van der Waals surface area contributed by atoms with Crippen molar-refractivity contribution in [3.8, 4) is 0 Å². The molecule has 0 aliphatic carbocycles. The maximum Gasteiger partial charge on any atom is 0.340 e. The summed E-state index contributed by atoms with van der Waals surface area (Å²) in [5.41, 5.74) is 7.59. The van der Waals surface area contributed by atoms with Crippen molar-refractivity contribution in [1.29, 1.82) is 0 Å². The third-order valence-electron chi connectivity index (χ3n) is 3.55. The van der Waals surface area contributed by atoms with Crippen molar-refractivity contribution < 1.29 is 9.53 Å². The summed E-state index contributed by atoms with van der Waals surface area (Å²) in [5.74, 6) is 0.00204. The number of benzene rings is 2. The number of rotatable bonds is 6. The van der Waals surface area contributed by atoms with Crippen LogP contribution in [0, 0.1) is 0 Å². The number of carbonyl (C=O) groups is 1. The summed E-state index contributed by atoms with van der Waals surface area (Å²) < 4.78 is 5.09. The number of para-hydroxylation sites is 1. The van der Waals surface area contributed by atoms with Gasteiger partial charge in [-0.1, -0.05) is 35.5 Å². The van der Waals surface area contributed by atoms with Crippen LogP contribution in [0.3, 0.4) is 0 Å². The molecule has 8 heteroatoms. The maximum absolute atomic E-state index is 12.1. The summed E-state index contributed by atoms with van der Waals surface area (Å²) in [6.45, 7) is 2.06. The zero-order chi connectivity index (χ0) is 19.2. The van der Waals surface area contributed by atoms with E-state index in [1.807, 2.05) is 18.2 Å². The monoisotopic (exact) mass is 400 g/mol. The van der Waals surface area contributed by atoms with E-state index in [1.165, 1.54) is 18.1 Å². The molecule has 1 aromatic heterocycles. The van der Waals surface area contributed by atoms with Gasteiger partial charge in [0.2, 0.25) is 0 Å². The van der Waals surface area contributed by atoms with Crippen LogP contribution < -0.4 is 11.1 Å². The Hall–Kier alpha value is -2.77. The Bertz CT molecular complexity index is 951. The fourth-order valence-corrected chi connectivity index (χ4v) is 3.21.